The van der Waals surface area contributed by atoms with Crippen LogP contribution in [-0.4, -0.2) is 17.6 Å². The monoisotopic (exact) mass is 176 g/mol. The molecule has 0 saturated heterocycles. The molecule has 0 amide bonds. The Balaban J connectivity index is 1.87. The van der Waals surface area contributed by atoms with E-state index in [1.807, 2.05) is 12.4 Å². The van der Waals surface area contributed by atoms with E-state index in [2.05, 4.69) is 29.4 Å². The third-order valence-electron chi connectivity index (χ3n) is 2.81. The number of hydrogen-bond donors (Lipinski definition) is 1. The molecule has 0 aliphatic heterocycles. The summed E-state index contributed by atoms with van der Waals surface area (Å²) in [6.45, 7) is 3.26. The summed E-state index contributed by atoms with van der Waals surface area (Å²) in [6.07, 6.45) is 6.35. The molecule has 1 fully saturated rings. The Morgan fingerprint density at radius 2 is 2.08 bits per heavy atom. The van der Waals surface area contributed by atoms with Crippen molar-refractivity contribution in [2.24, 2.45) is 0 Å². The molecule has 1 aliphatic carbocycles. The Kier molecular flexibility index (Phi) is 2.60. The number of rotatable bonds is 3. The zero-order valence-corrected chi connectivity index (χ0v) is 8.03. The van der Waals surface area contributed by atoms with Crippen LogP contribution < -0.4 is 5.32 Å². The second-order valence-corrected chi connectivity index (χ2v) is 3.70. The summed E-state index contributed by atoms with van der Waals surface area (Å²) in [5.41, 5.74) is 1.45. The molecule has 1 aliphatic rings. The fourth-order valence-corrected chi connectivity index (χ4v) is 1.98. The van der Waals surface area contributed by atoms with Crippen LogP contribution in [0.4, 0.5) is 0 Å². The van der Waals surface area contributed by atoms with Gasteiger partial charge in [-0.05, 0) is 43.0 Å². The molecule has 0 aromatic carbocycles. The molecule has 0 spiro atoms. The van der Waals surface area contributed by atoms with Crippen molar-refractivity contribution in [3.63, 3.8) is 0 Å². The summed E-state index contributed by atoms with van der Waals surface area (Å²) in [7, 11) is 0. The molecule has 1 saturated carbocycles. The fourth-order valence-electron chi connectivity index (χ4n) is 1.98. The quantitative estimate of drug-likeness (QED) is 0.761. The number of pyridine rings is 1. The van der Waals surface area contributed by atoms with Crippen molar-refractivity contribution >= 4 is 0 Å². The van der Waals surface area contributed by atoms with Gasteiger partial charge in [0.25, 0.3) is 0 Å². The van der Waals surface area contributed by atoms with Gasteiger partial charge in [0.2, 0.25) is 0 Å². The highest BCUT2D eigenvalue weighted by Crippen LogP contribution is 2.36. The van der Waals surface area contributed by atoms with Crippen molar-refractivity contribution in [2.75, 3.05) is 6.54 Å². The highest BCUT2D eigenvalue weighted by molar-refractivity contribution is 5.19. The molecular formula is C11H16N2. The molecule has 70 valence electrons. The maximum atomic E-state index is 4.03. The Labute approximate surface area is 79.4 Å². The lowest BCUT2D eigenvalue weighted by atomic mass is 9.76. The van der Waals surface area contributed by atoms with E-state index in [0.717, 1.165) is 18.5 Å². The normalized spacial score (nSPS) is 26.8. The van der Waals surface area contributed by atoms with Gasteiger partial charge in [0.1, 0.15) is 0 Å². The summed E-state index contributed by atoms with van der Waals surface area (Å²) in [4.78, 5) is 4.03. The van der Waals surface area contributed by atoms with Gasteiger partial charge in [0, 0.05) is 18.4 Å². The minimum atomic E-state index is 0.753. The van der Waals surface area contributed by atoms with Crippen LogP contribution in [0.5, 0.6) is 0 Å². The van der Waals surface area contributed by atoms with Crippen molar-refractivity contribution in [2.45, 2.75) is 31.7 Å². The Morgan fingerprint density at radius 1 is 1.38 bits per heavy atom. The highest BCUT2D eigenvalue weighted by atomic mass is 14.9. The number of aromatic nitrogens is 1. The predicted octanol–water partition coefficient (Wildman–Crippen LogP) is 1.94. The van der Waals surface area contributed by atoms with Crippen molar-refractivity contribution < 1.29 is 0 Å². The molecule has 2 heteroatoms. The van der Waals surface area contributed by atoms with Gasteiger partial charge in [0.15, 0.2) is 0 Å². The molecule has 1 N–H and O–H groups in total. The molecule has 2 rings (SSSR count). The van der Waals surface area contributed by atoms with Gasteiger partial charge in [-0.3, -0.25) is 4.98 Å². The summed E-state index contributed by atoms with van der Waals surface area (Å²) in [5.74, 6) is 0.770. The number of nitrogens with one attached hydrogen (secondary N) is 1. The fraction of sp³-hybridized carbons (Fsp3) is 0.545. The van der Waals surface area contributed by atoms with Gasteiger partial charge >= 0.3 is 0 Å². The largest absolute Gasteiger partial charge is 0.314 e. The second-order valence-electron chi connectivity index (χ2n) is 3.70. The molecule has 0 radical (unpaired) electrons. The van der Waals surface area contributed by atoms with Crippen LogP contribution in [0.25, 0.3) is 0 Å². The topological polar surface area (TPSA) is 24.9 Å². The van der Waals surface area contributed by atoms with Crippen LogP contribution >= 0.6 is 0 Å². The van der Waals surface area contributed by atoms with Crippen molar-refractivity contribution in [1.29, 1.82) is 0 Å². The first kappa shape index (κ1) is 8.70. The van der Waals surface area contributed by atoms with E-state index in [1.54, 1.807) is 0 Å². The maximum Gasteiger partial charge on any atom is 0.0270 e. The maximum absolute atomic E-state index is 4.03. The SMILES string of the molecule is CCNC1CC(c2ccncc2)C1. The third kappa shape index (κ3) is 1.89. The van der Waals surface area contributed by atoms with Crippen LogP contribution in [-0.2, 0) is 0 Å². The second kappa shape index (κ2) is 3.88. The molecule has 13 heavy (non-hydrogen) atoms. The summed E-state index contributed by atoms with van der Waals surface area (Å²) < 4.78 is 0. The third-order valence-corrected chi connectivity index (χ3v) is 2.81. The zero-order chi connectivity index (χ0) is 9.10. The summed E-state index contributed by atoms with van der Waals surface area (Å²) in [6, 6.07) is 5.02. The van der Waals surface area contributed by atoms with Crippen molar-refractivity contribution in [1.82, 2.24) is 10.3 Å². The standard InChI is InChI=1S/C11H16N2/c1-2-13-11-7-10(8-11)9-3-5-12-6-4-9/h3-6,10-11,13H,2,7-8H2,1H3. The van der Waals surface area contributed by atoms with Crippen molar-refractivity contribution in [3.8, 4) is 0 Å². The number of nitrogens with zero attached hydrogens (tertiary/aromatic N) is 1. The van der Waals surface area contributed by atoms with Gasteiger partial charge in [-0.2, -0.15) is 0 Å². The van der Waals surface area contributed by atoms with Crippen LogP contribution in [0, 0.1) is 0 Å². The van der Waals surface area contributed by atoms with Crippen molar-refractivity contribution in [3.05, 3.63) is 30.1 Å². The Hall–Kier alpha value is -0.890. The first-order valence-electron chi connectivity index (χ1n) is 5.03. The van der Waals surface area contributed by atoms with E-state index in [1.165, 1.54) is 18.4 Å². The smallest absolute Gasteiger partial charge is 0.0270 e. The molecule has 1 aromatic heterocycles. The van der Waals surface area contributed by atoms with E-state index in [-0.39, 0.29) is 0 Å². The molecule has 0 atom stereocenters. The van der Waals surface area contributed by atoms with Gasteiger partial charge < -0.3 is 5.32 Å². The van der Waals surface area contributed by atoms with Crippen LogP contribution in [0.1, 0.15) is 31.2 Å². The van der Waals surface area contributed by atoms with Crippen LogP contribution in [0.2, 0.25) is 0 Å². The minimum Gasteiger partial charge on any atom is -0.314 e. The van der Waals surface area contributed by atoms with Gasteiger partial charge in [-0.15, -0.1) is 0 Å². The van der Waals surface area contributed by atoms with Gasteiger partial charge in [-0.1, -0.05) is 6.92 Å². The van der Waals surface area contributed by atoms with E-state index in [4.69, 9.17) is 0 Å². The lowest BCUT2D eigenvalue weighted by Gasteiger charge is -2.36. The molecular weight excluding hydrogens is 160 g/mol. The Morgan fingerprint density at radius 3 is 2.69 bits per heavy atom. The molecule has 2 nitrogen and oxygen atoms in total. The molecule has 1 heterocycles. The first-order valence-corrected chi connectivity index (χ1v) is 5.03. The molecule has 1 aromatic rings. The Bertz CT molecular complexity index is 252. The van der Waals surface area contributed by atoms with Crippen LogP contribution in [0.3, 0.4) is 0 Å². The van der Waals surface area contributed by atoms with Gasteiger partial charge in [0.05, 0.1) is 0 Å². The van der Waals surface area contributed by atoms with E-state index >= 15 is 0 Å². The van der Waals surface area contributed by atoms with Gasteiger partial charge in [-0.25, -0.2) is 0 Å². The average molecular weight is 176 g/mol. The zero-order valence-electron chi connectivity index (χ0n) is 8.03. The summed E-state index contributed by atoms with van der Waals surface area (Å²) in [5, 5.41) is 3.47. The molecule has 0 bridgehead atoms. The van der Waals surface area contributed by atoms with E-state index in [9.17, 15) is 0 Å². The van der Waals surface area contributed by atoms with Crippen LogP contribution in [0.15, 0.2) is 24.5 Å². The molecule has 0 unspecified atom stereocenters. The summed E-state index contributed by atoms with van der Waals surface area (Å²) >= 11 is 0. The van der Waals surface area contributed by atoms with E-state index < -0.39 is 0 Å². The first-order chi connectivity index (χ1) is 6.40. The number of hydrogen-bond acceptors (Lipinski definition) is 2. The lowest BCUT2D eigenvalue weighted by Crippen LogP contribution is -2.39. The highest BCUT2D eigenvalue weighted by Gasteiger charge is 2.28. The lowest BCUT2D eigenvalue weighted by molar-refractivity contribution is 0.296. The minimum absolute atomic E-state index is 0.753. The van der Waals surface area contributed by atoms with E-state index in [0.29, 0.717) is 0 Å². The average Bonchev–Trinajstić information content (AvgIpc) is 2.12. The predicted molar refractivity (Wildman–Crippen MR) is 53.7 cm³/mol.